The van der Waals surface area contributed by atoms with E-state index in [1.165, 1.54) is 5.56 Å². The van der Waals surface area contributed by atoms with Gasteiger partial charge in [0.05, 0.1) is 12.7 Å². The SMILES string of the molecule is C=CC(C)(CC)CC(CO)(CCC)C(O)CCc1ccccc1. The van der Waals surface area contributed by atoms with E-state index in [1.54, 1.807) is 0 Å². The number of hydrogen-bond donors (Lipinski definition) is 2. The second-order valence-electron chi connectivity index (χ2n) is 7.20. The summed E-state index contributed by atoms with van der Waals surface area (Å²) < 4.78 is 0. The van der Waals surface area contributed by atoms with Gasteiger partial charge in [0.25, 0.3) is 0 Å². The van der Waals surface area contributed by atoms with Crippen LogP contribution in [0.2, 0.25) is 0 Å². The third kappa shape index (κ3) is 5.47. The summed E-state index contributed by atoms with van der Waals surface area (Å²) in [6.07, 6.45) is 6.54. The molecular weight excluding hydrogens is 284 g/mol. The van der Waals surface area contributed by atoms with Crippen LogP contribution in [0.1, 0.15) is 58.4 Å². The van der Waals surface area contributed by atoms with Gasteiger partial charge in [-0.05, 0) is 43.1 Å². The molecule has 0 fully saturated rings. The molecule has 0 aliphatic rings. The summed E-state index contributed by atoms with van der Waals surface area (Å²) >= 11 is 0. The summed E-state index contributed by atoms with van der Waals surface area (Å²) in [6.45, 7) is 10.4. The largest absolute Gasteiger partial charge is 0.396 e. The molecule has 2 heteroatoms. The molecule has 2 N–H and O–H groups in total. The van der Waals surface area contributed by atoms with Gasteiger partial charge in [-0.2, -0.15) is 0 Å². The van der Waals surface area contributed by atoms with E-state index in [0.29, 0.717) is 6.42 Å². The topological polar surface area (TPSA) is 40.5 Å². The van der Waals surface area contributed by atoms with Gasteiger partial charge in [-0.25, -0.2) is 0 Å². The minimum Gasteiger partial charge on any atom is -0.396 e. The second-order valence-corrected chi connectivity index (χ2v) is 7.20. The first-order chi connectivity index (χ1) is 10.9. The molecule has 3 atom stereocenters. The molecule has 3 unspecified atom stereocenters. The summed E-state index contributed by atoms with van der Waals surface area (Å²) in [5, 5.41) is 21.0. The summed E-state index contributed by atoms with van der Waals surface area (Å²) in [5.41, 5.74) is 0.741. The maximum Gasteiger partial charge on any atom is 0.0621 e. The van der Waals surface area contributed by atoms with E-state index in [9.17, 15) is 10.2 Å². The predicted molar refractivity (Wildman–Crippen MR) is 98.4 cm³/mol. The van der Waals surface area contributed by atoms with Crippen molar-refractivity contribution in [1.82, 2.24) is 0 Å². The first-order valence-corrected chi connectivity index (χ1v) is 8.91. The highest BCUT2D eigenvalue weighted by Gasteiger charge is 2.41. The molecule has 0 radical (unpaired) electrons. The minimum atomic E-state index is -0.501. The normalized spacial score (nSPS) is 18.0. The Morgan fingerprint density at radius 2 is 1.87 bits per heavy atom. The molecule has 2 nitrogen and oxygen atoms in total. The highest BCUT2D eigenvalue weighted by atomic mass is 16.3. The number of hydrogen-bond acceptors (Lipinski definition) is 2. The van der Waals surface area contributed by atoms with Crippen molar-refractivity contribution in [3.05, 3.63) is 48.6 Å². The summed E-state index contributed by atoms with van der Waals surface area (Å²) in [5.74, 6) is 0. The molecule has 0 aliphatic heterocycles. The Morgan fingerprint density at radius 3 is 2.35 bits per heavy atom. The monoisotopic (exact) mass is 318 g/mol. The Balaban J connectivity index is 2.88. The second kappa shape index (κ2) is 9.24. The van der Waals surface area contributed by atoms with E-state index in [-0.39, 0.29) is 12.0 Å². The van der Waals surface area contributed by atoms with Crippen molar-refractivity contribution in [3.63, 3.8) is 0 Å². The van der Waals surface area contributed by atoms with Crippen LogP contribution < -0.4 is 0 Å². The first kappa shape index (κ1) is 19.9. The summed E-state index contributed by atoms with van der Waals surface area (Å²) in [7, 11) is 0. The molecule has 0 aliphatic carbocycles. The molecule has 23 heavy (non-hydrogen) atoms. The van der Waals surface area contributed by atoms with Gasteiger partial charge in [-0.3, -0.25) is 0 Å². The average Bonchev–Trinajstić information content (AvgIpc) is 2.59. The van der Waals surface area contributed by atoms with E-state index in [1.807, 2.05) is 24.3 Å². The molecule has 1 aromatic rings. The van der Waals surface area contributed by atoms with Crippen molar-refractivity contribution in [3.8, 4) is 0 Å². The van der Waals surface area contributed by atoms with Crippen LogP contribution in [-0.4, -0.2) is 22.9 Å². The Labute approximate surface area is 142 Å². The zero-order valence-electron chi connectivity index (χ0n) is 15.1. The van der Waals surface area contributed by atoms with E-state index < -0.39 is 11.5 Å². The summed E-state index contributed by atoms with van der Waals surface area (Å²) in [4.78, 5) is 0. The van der Waals surface area contributed by atoms with Gasteiger partial charge >= 0.3 is 0 Å². The zero-order valence-corrected chi connectivity index (χ0v) is 15.1. The van der Waals surface area contributed by atoms with Gasteiger partial charge in [-0.1, -0.05) is 63.6 Å². The van der Waals surface area contributed by atoms with Crippen molar-refractivity contribution in [2.45, 2.75) is 65.4 Å². The maximum atomic E-state index is 10.9. The number of aliphatic hydroxyl groups is 2. The molecule has 1 aromatic carbocycles. The highest BCUT2D eigenvalue weighted by Crippen LogP contribution is 2.43. The van der Waals surface area contributed by atoms with Crippen LogP contribution in [0.3, 0.4) is 0 Å². The van der Waals surface area contributed by atoms with Gasteiger partial charge in [0, 0.05) is 5.41 Å². The van der Waals surface area contributed by atoms with Gasteiger partial charge < -0.3 is 10.2 Å². The molecule has 0 heterocycles. The van der Waals surface area contributed by atoms with Crippen LogP contribution in [0.4, 0.5) is 0 Å². The van der Waals surface area contributed by atoms with E-state index in [0.717, 1.165) is 32.1 Å². The molecule has 1 rings (SSSR count). The van der Waals surface area contributed by atoms with Gasteiger partial charge in [0.2, 0.25) is 0 Å². The van der Waals surface area contributed by atoms with E-state index >= 15 is 0 Å². The first-order valence-electron chi connectivity index (χ1n) is 8.91. The average molecular weight is 319 g/mol. The van der Waals surface area contributed by atoms with E-state index in [4.69, 9.17) is 0 Å². The quantitative estimate of drug-likeness (QED) is 0.578. The molecule has 0 bridgehead atoms. The predicted octanol–water partition coefficient (Wildman–Crippen LogP) is 4.75. The number of allylic oxidation sites excluding steroid dienone is 1. The fourth-order valence-electron chi connectivity index (χ4n) is 3.51. The molecule has 0 aromatic heterocycles. The van der Waals surface area contributed by atoms with Crippen molar-refractivity contribution >= 4 is 0 Å². The van der Waals surface area contributed by atoms with Gasteiger partial charge in [-0.15, -0.1) is 6.58 Å². The lowest BCUT2D eigenvalue weighted by Gasteiger charge is -2.42. The number of rotatable bonds is 11. The van der Waals surface area contributed by atoms with Crippen molar-refractivity contribution < 1.29 is 10.2 Å². The van der Waals surface area contributed by atoms with Crippen LogP contribution in [0, 0.1) is 10.8 Å². The van der Waals surface area contributed by atoms with Crippen molar-refractivity contribution in [2.75, 3.05) is 6.61 Å². The fourth-order valence-corrected chi connectivity index (χ4v) is 3.51. The van der Waals surface area contributed by atoms with Gasteiger partial charge in [0.1, 0.15) is 0 Å². The van der Waals surface area contributed by atoms with E-state index in [2.05, 4.69) is 39.5 Å². The van der Waals surface area contributed by atoms with Crippen LogP contribution >= 0.6 is 0 Å². The molecule has 0 amide bonds. The minimum absolute atomic E-state index is 0.0280. The Morgan fingerprint density at radius 1 is 1.22 bits per heavy atom. The maximum absolute atomic E-state index is 10.9. The molecule has 130 valence electrons. The van der Waals surface area contributed by atoms with Crippen LogP contribution in [-0.2, 0) is 6.42 Å². The number of aryl methyl sites for hydroxylation is 1. The van der Waals surface area contributed by atoms with Crippen molar-refractivity contribution in [1.29, 1.82) is 0 Å². The molecule has 0 spiro atoms. The number of benzene rings is 1. The fraction of sp³-hybridized carbons (Fsp3) is 0.619. The molecular formula is C21H34O2. The highest BCUT2D eigenvalue weighted by molar-refractivity contribution is 5.15. The third-order valence-corrected chi connectivity index (χ3v) is 5.38. The Bertz CT molecular complexity index is 456. The van der Waals surface area contributed by atoms with Crippen LogP contribution in [0.25, 0.3) is 0 Å². The molecule has 0 saturated carbocycles. The Hall–Kier alpha value is -1.12. The van der Waals surface area contributed by atoms with Crippen LogP contribution in [0.5, 0.6) is 0 Å². The lowest BCUT2D eigenvalue weighted by Crippen LogP contribution is -2.42. The Kier molecular flexibility index (Phi) is 8.01. The number of aliphatic hydroxyl groups excluding tert-OH is 2. The zero-order chi connectivity index (χ0) is 17.3. The smallest absolute Gasteiger partial charge is 0.0621 e. The summed E-state index contributed by atoms with van der Waals surface area (Å²) in [6, 6.07) is 10.2. The van der Waals surface area contributed by atoms with Crippen molar-refractivity contribution in [2.24, 2.45) is 10.8 Å². The van der Waals surface area contributed by atoms with Crippen LogP contribution in [0.15, 0.2) is 43.0 Å². The lowest BCUT2D eigenvalue weighted by atomic mass is 9.65. The van der Waals surface area contributed by atoms with Gasteiger partial charge in [0.15, 0.2) is 0 Å². The lowest BCUT2D eigenvalue weighted by molar-refractivity contribution is -0.0519. The third-order valence-electron chi connectivity index (χ3n) is 5.38. The molecule has 0 saturated heterocycles. The standard InChI is InChI=1S/C21H34O2/c1-5-15-21(17-22,16-20(4,6-2)7-3)19(23)14-13-18-11-9-8-10-12-18/h6,8-12,19,22-23H,2,5,7,13-17H2,1,3-4H3.